The third kappa shape index (κ3) is 5.79. The van der Waals surface area contributed by atoms with Gasteiger partial charge in [0, 0.05) is 19.0 Å². The van der Waals surface area contributed by atoms with E-state index in [1.807, 2.05) is 0 Å². The summed E-state index contributed by atoms with van der Waals surface area (Å²) in [5.41, 5.74) is 6.25. The fourth-order valence-electron chi connectivity index (χ4n) is 2.99. The Labute approximate surface area is 174 Å². The van der Waals surface area contributed by atoms with Crippen LogP contribution in [0, 0.1) is 5.82 Å². The summed E-state index contributed by atoms with van der Waals surface area (Å²) in [5.74, 6) is -0.800. The number of halogens is 1. The number of carbonyl (C=O) groups excluding carboxylic acids is 3. The first-order valence-corrected chi connectivity index (χ1v) is 9.36. The van der Waals surface area contributed by atoms with Crippen molar-refractivity contribution in [3.63, 3.8) is 0 Å². The van der Waals surface area contributed by atoms with Gasteiger partial charge < -0.3 is 20.1 Å². The first kappa shape index (κ1) is 22.9. The zero-order chi connectivity index (χ0) is 22.3. The van der Waals surface area contributed by atoms with Gasteiger partial charge in [-0.25, -0.2) is 4.39 Å². The van der Waals surface area contributed by atoms with Gasteiger partial charge in [-0.2, -0.15) is 0 Å². The van der Waals surface area contributed by atoms with Crippen LogP contribution >= 0.6 is 0 Å². The van der Waals surface area contributed by atoms with E-state index in [4.69, 9.17) is 15.2 Å². The van der Waals surface area contributed by atoms with Crippen LogP contribution < -0.4 is 15.2 Å². The predicted octanol–water partition coefficient (Wildman–Crippen LogP) is 2.88. The van der Waals surface area contributed by atoms with E-state index in [9.17, 15) is 18.8 Å². The van der Waals surface area contributed by atoms with Crippen molar-refractivity contribution in [2.75, 3.05) is 20.8 Å². The van der Waals surface area contributed by atoms with E-state index >= 15 is 0 Å². The van der Waals surface area contributed by atoms with Crippen LogP contribution in [0.15, 0.2) is 42.5 Å². The van der Waals surface area contributed by atoms with E-state index < -0.39 is 17.8 Å². The topological polar surface area (TPSA) is 98.9 Å². The van der Waals surface area contributed by atoms with Gasteiger partial charge in [0.05, 0.1) is 13.7 Å². The number of hydrogen-bond donors (Lipinski definition) is 1. The second-order valence-electron chi connectivity index (χ2n) is 6.74. The largest absolute Gasteiger partial charge is 0.493 e. The number of primary amides is 1. The summed E-state index contributed by atoms with van der Waals surface area (Å²) in [5, 5.41) is 0. The van der Waals surface area contributed by atoms with Crippen LogP contribution in [-0.4, -0.2) is 43.3 Å². The summed E-state index contributed by atoms with van der Waals surface area (Å²) in [6.45, 7) is 1.68. The first-order chi connectivity index (χ1) is 14.2. The molecule has 2 amide bonds. The van der Waals surface area contributed by atoms with E-state index in [1.54, 1.807) is 24.3 Å². The Morgan fingerprint density at radius 2 is 1.87 bits per heavy atom. The molecule has 0 fully saturated rings. The minimum atomic E-state index is -1.06. The fraction of sp³-hybridized carbons (Fsp3) is 0.318. The van der Waals surface area contributed by atoms with Crippen molar-refractivity contribution in [2.24, 2.45) is 5.73 Å². The van der Waals surface area contributed by atoms with Gasteiger partial charge in [-0.15, -0.1) is 0 Å². The van der Waals surface area contributed by atoms with Crippen LogP contribution in [0.4, 0.5) is 4.39 Å². The number of nitrogens with zero attached hydrogens (tertiary/aromatic N) is 1. The van der Waals surface area contributed by atoms with Crippen LogP contribution in [0.5, 0.6) is 11.5 Å². The maximum absolute atomic E-state index is 13.5. The molecule has 1 unspecified atom stereocenters. The highest BCUT2D eigenvalue weighted by Gasteiger charge is 2.26. The lowest BCUT2D eigenvalue weighted by Gasteiger charge is -2.26. The summed E-state index contributed by atoms with van der Waals surface area (Å²) in [7, 11) is 2.92. The molecule has 0 radical (unpaired) electrons. The van der Waals surface area contributed by atoms with Crippen LogP contribution in [0.25, 0.3) is 0 Å². The molecule has 30 heavy (non-hydrogen) atoms. The maximum Gasteiger partial charge on any atom is 0.244 e. The van der Waals surface area contributed by atoms with E-state index in [2.05, 4.69) is 0 Å². The minimum absolute atomic E-state index is 0.0872. The summed E-state index contributed by atoms with van der Waals surface area (Å²) in [6, 6.07) is 9.23. The molecule has 7 nitrogen and oxygen atoms in total. The zero-order valence-electron chi connectivity index (χ0n) is 17.2. The second-order valence-corrected chi connectivity index (χ2v) is 6.74. The number of ketones is 1. The molecular formula is C22H25FN2O5. The molecule has 2 aromatic rings. The average molecular weight is 416 g/mol. The Morgan fingerprint density at radius 1 is 1.13 bits per heavy atom. The van der Waals surface area contributed by atoms with Gasteiger partial charge in [-0.3, -0.25) is 14.4 Å². The number of carbonyl (C=O) groups is 3. The number of ether oxygens (including phenoxy) is 2. The highest BCUT2D eigenvalue weighted by Crippen LogP contribution is 2.28. The number of likely N-dealkylation sites (N-methyl/N-ethyl adjacent to an activating group) is 1. The fourth-order valence-corrected chi connectivity index (χ4v) is 2.99. The molecule has 2 N–H and O–H groups in total. The van der Waals surface area contributed by atoms with Gasteiger partial charge in [0.25, 0.3) is 0 Å². The quantitative estimate of drug-likeness (QED) is 0.474. The van der Waals surface area contributed by atoms with Gasteiger partial charge >= 0.3 is 0 Å². The number of methoxy groups -OCH3 is 1. The number of rotatable bonds is 10. The van der Waals surface area contributed by atoms with Gasteiger partial charge in [0.15, 0.2) is 17.3 Å². The van der Waals surface area contributed by atoms with Crippen LogP contribution in [0.1, 0.15) is 41.7 Å². The minimum Gasteiger partial charge on any atom is -0.493 e. The molecule has 0 aliphatic rings. The maximum atomic E-state index is 13.5. The summed E-state index contributed by atoms with van der Waals surface area (Å²) in [4.78, 5) is 37.0. The number of benzene rings is 2. The van der Waals surface area contributed by atoms with Crippen LogP contribution in [0.2, 0.25) is 0 Å². The summed E-state index contributed by atoms with van der Waals surface area (Å²) >= 11 is 0. The third-order valence-electron chi connectivity index (χ3n) is 4.58. The number of amides is 2. The Kier molecular flexibility index (Phi) is 7.91. The van der Waals surface area contributed by atoms with Crippen LogP contribution in [-0.2, 0) is 9.59 Å². The van der Waals surface area contributed by atoms with Crippen molar-refractivity contribution in [2.45, 2.75) is 25.8 Å². The normalized spacial score (nSPS) is 11.5. The van der Waals surface area contributed by atoms with Gasteiger partial charge in [-0.1, -0.05) is 12.1 Å². The van der Waals surface area contributed by atoms with Crippen molar-refractivity contribution in [3.05, 3.63) is 59.4 Å². The molecule has 0 spiro atoms. The van der Waals surface area contributed by atoms with Crippen molar-refractivity contribution in [3.8, 4) is 11.5 Å². The van der Waals surface area contributed by atoms with E-state index in [-0.39, 0.29) is 24.7 Å². The second kappa shape index (κ2) is 10.4. The van der Waals surface area contributed by atoms with Crippen LogP contribution in [0.3, 0.4) is 0 Å². The molecule has 0 aliphatic heterocycles. The predicted molar refractivity (Wildman–Crippen MR) is 109 cm³/mol. The van der Waals surface area contributed by atoms with Gasteiger partial charge in [-0.05, 0) is 49.2 Å². The Hall–Kier alpha value is -3.42. The molecule has 0 aromatic heterocycles. The van der Waals surface area contributed by atoms with E-state index in [1.165, 1.54) is 44.2 Å². The van der Waals surface area contributed by atoms with Crippen molar-refractivity contribution in [1.29, 1.82) is 0 Å². The smallest absolute Gasteiger partial charge is 0.244 e. The first-order valence-electron chi connectivity index (χ1n) is 9.36. The third-order valence-corrected chi connectivity index (χ3v) is 4.58. The summed E-state index contributed by atoms with van der Waals surface area (Å²) in [6.07, 6.45) is 0.471. The molecule has 0 saturated carbocycles. The van der Waals surface area contributed by atoms with E-state index in [0.717, 1.165) is 0 Å². The molecule has 2 aromatic carbocycles. The Balaban J connectivity index is 1.95. The molecule has 0 bridgehead atoms. The molecule has 1 atom stereocenters. The monoisotopic (exact) mass is 416 g/mol. The summed E-state index contributed by atoms with van der Waals surface area (Å²) < 4.78 is 24.4. The average Bonchev–Trinajstić information content (AvgIpc) is 2.70. The number of hydrogen-bond acceptors (Lipinski definition) is 5. The van der Waals surface area contributed by atoms with Crippen molar-refractivity contribution < 1.29 is 28.2 Å². The van der Waals surface area contributed by atoms with Crippen molar-refractivity contribution in [1.82, 2.24) is 4.90 Å². The molecule has 0 aliphatic carbocycles. The standard InChI is InChI=1S/C22H25FN2O5/c1-14(26)15-9-10-18(19(13-15)29-3)30-11-5-8-20(27)25(2)21(22(24)28)16-6-4-7-17(23)12-16/h4,6-7,9-10,12-13,21H,5,8,11H2,1-3H3,(H2,24,28). The Morgan fingerprint density at radius 3 is 2.47 bits per heavy atom. The number of nitrogens with two attached hydrogens (primary N) is 1. The lowest BCUT2D eigenvalue weighted by atomic mass is 10.0. The molecular weight excluding hydrogens is 391 g/mol. The molecule has 2 rings (SSSR count). The molecule has 160 valence electrons. The van der Waals surface area contributed by atoms with Gasteiger partial charge in [0.2, 0.25) is 11.8 Å². The van der Waals surface area contributed by atoms with Crippen molar-refractivity contribution >= 4 is 17.6 Å². The lowest BCUT2D eigenvalue weighted by Crippen LogP contribution is -2.39. The lowest BCUT2D eigenvalue weighted by molar-refractivity contribution is -0.138. The molecule has 8 heteroatoms. The highest BCUT2D eigenvalue weighted by atomic mass is 19.1. The van der Waals surface area contributed by atoms with E-state index in [0.29, 0.717) is 29.0 Å². The highest BCUT2D eigenvalue weighted by molar-refractivity contribution is 5.94. The SMILES string of the molecule is COc1cc(C(C)=O)ccc1OCCCC(=O)N(C)C(C(N)=O)c1cccc(F)c1. The zero-order valence-corrected chi connectivity index (χ0v) is 17.2. The number of Topliss-reactive ketones (excluding diaryl/α,β-unsaturated/α-hetero) is 1. The Bertz CT molecular complexity index is 931. The molecule has 0 heterocycles. The molecule has 0 saturated heterocycles. The van der Waals surface area contributed by atoms with Gasteiger partial charge in [0.1, 0.15) is 11.9 Å².